The van der Waals surface area contributed by atoms with Gasteiger partial charge < -0.3 is 10.2 Å². The maximum atomic E-state index is 12.8. The number of halogens is 1. The smallest absolute Gasteiger partial charge is 0.257 e. The summed E-state index contributed by atoms with van der Waals surface area (Å²) in [6.07, 6.45) is 3.08. The molecule has 2 aromatic carbocycles. The van der Waals surface area contributed by atoms with Crippen molar-refractivity contribution in [1.29, 1.82) is 5.41 Å². The molecule has 33 heavy (non-hydrogen) atoms. The van der Waals surface area contributed by atoms with E-state index in [2.05, 4.69) is 27.3 Å². The Morgan fingerprint density at radius 3 is 2.45 bits per heavy atom. The zero-order valence-corrected chi connectivity index (χ0v) is 19.3. The van der Waals surface area contributed by atoms with Gasteiger partial charge in [-0.1, -0.05) is 61.5 Å². The Morgan fingerprint density at radius 1 is 1.03 bits per heavy atom. The summed E-state index contributed by atoms with van der Waals surface area (Å²) in [5.74, 6) is 3.07. The van der Waals surface area contributed by atoms with Crippen LogP contribution in [0.25, 0.3) is 0 Å². The van der Waals surface area contributed by atoms with E-state index in [1.165, 1.54) is 11.8 Å². The number of hydrogen-bond donors (Lipinski definition) is 2. The minimum Gasteiger partial charge on any atom is -0.355 e. The standard InChI is InChI=1S/C25H25ClN4OS.CH4/c26-21-11-12-23(28-17-21)29-25(31)22-4-2-1-3-19(22)8-5-18-6-9-20(10-7-18)24(27)30-13-15-32-16-14-30;/h1-4,6-7,9-12,17,27H,5,8,13-16H2,(H,28,29,31);1H4. The molecular weight excluding hydrogens is 452 g/mol. The summed E-state index contributed by atoms with van der Waals surface area (Å²) in [5.41, 5.74) is 3.77. The van der Waals surface area contributed by atoms with Crippen LogP contribution in [0.2, 0.25) is 5.02 Å². The van der Waals surface area contributed by atoms with Gasteiger partial charge in [-0.15, -0.1) is 0 Å². The lowest BCUT2D eigenvalue weighted by Crippen LogP contribution is -2.37. The number of pyridine rings is 1. The summed E-state index contributed by atoms with van der Waals surface area (Å²) in [6.45, 7) is 1.88. The molecule has 1 fully saturated rings. The quantitative estimate of drug-likeness (QED) is 0.346. The molecule has 1 aromatic heterocycles. The van der Waals surface area contributed by atoms with Crippen molar-refractivity contribution in [2.75, 3.05) is 29.9 Å². The molecule has 172 valence electrons. The molecule has 5 nitrogen and oxygen atoms in total. The molecule has 0 spiro atoms. The van der Waals surface area contributed by atoms with Gasteiger partial charge in [0.1, 0.15) is 11.7 Å². The van der Waals surface area contributed by atoms with Crippen LogP contribution in [0.4, 0.5) is 5.82 Å². The Labute approximate surface area is 205 Å². The van der Waals surface area contributed by atoms with Crippen LogP contribution in [0, 0.1) is 5.41 Å². The third-order valence-corrected chi connectivity index (χ3v) is 6.63. The van der Waals surface area contributed by atoms with Gasteiger partial charge in [0, 0.05) is 41.9 Å². The van der Waals surface area contributed by atoms with Gasteiger partial charge in [0.25, 0.3) is 5.91 Å². The van der Waals surface area contributed by atoms with Crippen LogP contribution in [0.5, 0.6) is 0 Å². The fraction of sp³-hybridized carbons (Fsp3) is 0.269. The first-order valence-corrected chi connectivity index (χ1v) is 12.1. The van der Waals surface area contributed by atoms with Crippen LogP contribution >= 0.6 is 23.4 Å². The number of benzene rings is 2. The lowest BCUT2D eigenvalue weighted by Gasteiger charge is -2.28. The molecule has 0 aliphatic carbocycles. The SMILES string of the molecule is C.N=C(c1ccc(CCc2ccccc2C(=O)Nc2ccc(Cl)cn2)cc1)N1CCSCC1. The number of carbonyl (C=O) groups excluding carboxylic acids is 1. The van der Waals surface area contributed by atoms with E-state index in [0.29, 0.717) is 22.2 Å². The largest absolute Gasteiger partial charge is 0.355 e. The summed E-state index contributed by atoms with van der Waals surface area (Å²) in [5, 5.41) is 11.8. The van der Waals surface area contributed by atoms with Crippen molar-refractivity contribution in [2.24, 2.45) is 0 Å². The molecule has 2 heterocycles. The third kappa shape index (κ3) is 6.59. The Hall–Kier alpha value is -2.83. The van der Waals surface area contributed by atoms with E-state index in [1.807, 2.05) is 48.2 Å². The molecule has 2 N–H and O–H groups in total. The second kappa shape index (κ2) is 11.9. The molecule has 0 bridgehead atoms. The molecule has 0 radical (unpaired) electrons. The van der Waals surface area contributed by atoms with E-state index in [4.69, 9.17) is 17.0 Å². The van der Waals surface area contributed by atoms with Crippen LogP contribution in [0.15, 0.2) is 66.9 Å². The van der Waals surface area contributed by atoms with Crippen LogP contribution in [0.3, 0.4) is 0 Å². The highest BCUT2D eigenvalue weighted by Gasteiger charge is 2.15. The Bertz CT molecular complexity index is 1080. The first kappa shape index (κ1) is 24.8. The van der Waals surface area contributed by atoms with Gasteiger partial charge in [-0.3, -0.25) is 10.2 Å². The van der Waals surface area contributed by atoms with Gasteiger partial charge in [-0.2, -0.15) is 11.8 Å². The summed E-state index contributed by atoms with van der Waals surface area (Å²) in [7, 11) is 0. The lowest BCUT2D eigenvalue weighted by molar-refractivity contribution is 0.102. The van der Waals surface area contributed by atoms with Crippen LogP contribution in [-0.4, -0.2) is 46.2 Å². The predicted octanol–water partition coefficient (Wildman–Crippen LogP) is 5.78. The zero-order chi connectivity index (χ0) is 22.3. The highest BCUT2D eigenvalue weighted by molar-refractivity contribution is 7.99. The number of aromatic nitrogens is 1. The number of amidine groups is 1. The topological polar surface area (TPSA) is 69.1 Å². The van der Waals surface area contributed by atoms with E-state index in [0.717, 1.165) is 48.6 Å². The number of nitrogens with one attached hydrogen (secondary N) is 2. The minimum atomic E-state index is -0.182. The Kier molecular flexibility index (Phi) is 8.92. The summed E-state index contributed by atoms with van der Waals surface area (Å²) >= 11 is 7.81. The number of anilines is 1. The maximum absolute atomic E-state index is 12.8. The number of nitrogens with zero attached hydrogens (tertiary/aromatic N) is 2. The average molecular weight is 481 g/mol. The predicted molar refractivity (Wildman–Crippen MR) is 140 cm³/mol. The number of rotatable bonds is 6. The van der Waals surface area contributed by atoms with Crippen molar-refractivity contribution < 1.29 is 4.79 Å². The Balaban J connectivity index is 0.00000306. The molecule has 1 aliphatic rings. The number of aryl methyl sites for hydroxylation is 2. The van der Waals surface area contributed by atoms with Crippen molar-refractivity contribution in [3.05, 3.63) is 94.1 Å². The molecule has 0 saturated carbocycles. The average Bonchev–Trinajstić information content (AvgIpc) is 2.85. The van der Waals surface area contributed by atoms with Gasteiger partial charge in [0.2, 0.25) is 0 Å². The molecule has 4 rings (SSSR count). The van der Waals surface area contributed by atoms with E-state index >= 15 is 0 Å². The maximum Gasteiger partial charge on any atom is 0.257 e. The first-order valence-electron chi connectivity index (χ1n) is 10.6. The summed E-state index contributed by atoms with van der Waals surface area (Å²) in [6, 6.07) is 19.3. The molecule has 3 aromatic rings. The monoisotopic (exact) mass is 480 g/mol. The number of carbonyl (C=O) groups is 1. The van der Waals surface area contributed by atoms with E-state index in [-0.39, 0.29) is 13.3 Å². The fourth-order valence-corrected chi connectivity index (χ4v) is 4.69. The highest BCUT2D eigenvalue weighted by Crippen LogP contribution is 2.17. The van der Waals surface area contributed by atoms with Crippen LogP contribution < -0.4 is 5.32 Å². The molecule has 1 aliphatic heterocycles. The van der Waals surface area contributed by atoms with E-state index in [9.17, 15) is 4.79 Å². The van der Waals surface area contributed by atoms with Crippen LogP contribution in [0.1, 0.15) is 34.5 Å². The van der Waals surface area contributed by atoms with Crippen molar-refractivity contribution in [3.63, 3.8) is 0 Å². The Morgan fingerprint density at radius 2 is 1.76 bits per heavy atom. The lowest BCUT2D eigenvalue weighted by atomic mass is 9.98. The zero-order valence-electron chi connectivity index (χ0n) is 17.7. The normalized spacial score (nSPS) is 13.2. The first-order chi connectivity index (χ1) is 15.6. The molecule has 0 atom stereocenters. The number of thioether (sulfide) groups is 1. The van der Waals surface area contributed by atoms with Crippen molar-refractivity contribution in [2.45, 2.75) is 20.3 Å². The van der Waals surface area contributed by atoms with Gasteiger partial charge in [-0.25, -0.2) is 4.98 Å². The van der Waals surface area contributed by atoms with Gasteiger partial charge in [-0.05, 0) is 42.2 Å². The van der Waals surface area contributed by atoms with Gasteiger partial charge >= 0.3 is 0 Å². The molecule has 7 heteroatoms. The third-order valence-electron chi connectivity index (χ3n) is 5.47. The number of amides is 1. The summed E-state index contributed by atoms with van der Waals surface area (Å²) in [4.78, 5) is 19.1. The van der Waals surface area contributed by atoms with E-state index in [1.54, 1.807) is 12.1 Å². The minimum absolute atomic E-state index is 0. The summed E-state index contributed by atoms with van der Waals surface area (Å²) < 4.78 is 0. The van der Waals surface area contributed by atoms with Crippen molar-refractivity contribution in [1.82, 2.24) is 9.88 Å². The molecular formula is C26H29ClN4OS. The van der Waals surface area contributed by atoms with Crippen LogP contribution in [-0.2, 0) is 12.8 Å². The molecule has 0 unspecified atom stereocenters. The number of hydrogen-bond acceptors (Lipinski definition) is 4. The van der Waals surface area contributed by atoms with Gasteiger partial charge in [0.15, 0.2) is 0 Å². The van der Waals surface area contributed by atoms with Crippen molar-refractivity contribution in [3.8, 4) is 0 Å². The second-order valence-corrected chi connectivity index (χ2v) is 9.28. The van der Waals surface area contributed by atoms with Gasteiger partial charge in [0.05, 0.1) is 5.02 Å². The second-order valence-electron chi connectivity index (χ2n) is 7.62. The van der Waals surface area contributed by atoms with Crippen molar-refractivity contribution >= 4 is 40.9 Å². The fourth-order valence-electron chi connectivity index (χ4n) is 3.67. The van der Waals surface area contributed by atoms with E-state index < -0.39 is 0 Å². The molecule has 1 saturated heterocycles. The highest BCUT2D eigenvalue weighted by atomic mass is 35.5. The molecule has 1 amide bonds.